The molecule has 116 valence electrons. The Labute approximate surface area is 138 Å². The molecule has 4 rings (SSSR count). The van der Waals surface area contributed by atoms with E-state index >= 15 is 0 Å². The van der Waals surface area contributed by atoms with Crippen molar-refractivity contribution >= 4 is 39.5 Å². The van der Waals surface area contributed by atoms with Crippen molar-refractivity contribution in [1.82, 2.24) is 5.32 Å². The molecule has 3 aromatic carbocycles. The van der Waals surface area contributed by atoms with Crippen molar-refractivity contribution in [1.29, 1.82) is 0 Å². The summed E-state index contributed by atoms with van der Waals surface area (Å²) >= 11 is 0. The van der Waals surface area contributed by atoms with E-state index in [1.165, 1.54) is 6.08 Å². The van der Waals surface area contributed by atoms with Crippen molar-refractivity contribution in [2.24, 2.45) is 0 Å². The highest BCUT2D eigenvalue weighted by molar-refractivity contribution is 6.35. The molecule has 1 aliphatic heterocycles. The van der Waals surface area contributed by atoms with Crippen molar-refractivity contribution in [3.63, 3.8) is 0 Å². The summed E-state index contributed by atoms with van der Waals surface area (Å²) < 4.78 is 0. The smallest absolute Gasteiger partial charge is 0.258 e. The van der Waals surface area contributed by atoms with E-state index in [9.17, 15) is 9.59 Å². The topological polar surface area (TPSA) is 58.2 Å². The van der Waals surface area contributed by atoms with Gasteiger partial charge in [-0.3, -0.25) is 14.9 Å². The van der Waals surface area contributed by atoms with Gasteiger partial charge in [-0.1, -0.05) is 48.5 Å². The third kappa shape index (κ3) is 2.44. The molecule has 0 atom stereocenters. The van der Waals surface area contributed by atoms with E-state index < -0.39 is 0 Å². The number of rotatable bonds is 3. The molecular weight excluding hydrogens is 300 g/mol. The van der Waals surface area contributed by atoms with Crippen molar-refractivity contribution in [3.05, 3.63) is 78.4 Å². The lowest BCUT2D eigenvalue weighted by atomic mass is 9.97. The fourth-order valence-corrected chi connectivity index (χ4v) is 2.93. The van der Waals surface area contributed by atoms with Gasteiger partial charge in [-0.15, -0.1) is 0 Å². The molecule has 0 aliphatic carbocycles. The molecule has 0 saturated heterocycles. The minimum atomic E-state index is -0.370. The molecule has 0 aromatic heterocycles. The average molecular weight is 314 g/mol. The first kappa shape index (κ1) is 14.2. The lowest BCUT2D eigenvalue weighted by molar-refractivity contribution is -0.123. The fraction of sp³-hybridized carbons (Fsp3) is 0. The van der Waals surface area contributed by atoms with Gasteiger partial charge in [-0.05, 0) is 29.1 Å². The normalized spacial score (nSPS) is 13.8. The first-order valence-electron chi connectivity index (χ1n) is 7.63. The second-order valence-electron chi connectivity index (χ2n) is 5.57. The van der Waals surface area contributed by atoms with Crippen LogP contribution >= 0.6 is 0 Å². The number of nitrogens with one attached hydrogen (secondary N) is 2. The number of hydrogen-bond acceptors (Lipinski definition) is 3. The molecule has 2 amide bonds. The van der Waals surface area contributed by atoms with E-state index in [1.54, 1.807) is 0 Å². The zero-order valence-electron chi connectivity index (χ0n) is 12.7. The van der Waals surface area contributed by atoms with Crippen LogP contribution in [0.2, 0.25) is 0 Å². The maximum atomic E-state index is 12.0. The van der Waals surface area contributed by atoms with E-state index in [0.29, 0.717) is 5.57 Å². The van der Waals surface area contributed by atoms with Crippen LogP contribution in [0.25, 0.3) is 16.3 Å². The molecule has 0 radical (unpaired) electrons. The lowest BCUT2D eigenvalue weighted by Crippen LogP contribution is -2.21. The van der Waals surface area contributed by atoms with Crippen LogP contribution < -0.4 is 10.6 Å². The first-order valence-corrected chi connectivity index (χ1v) is 7.63. The summed E-state index contributed by atoms with van der Waals surface area (Å²) in [6, 6.07) is 21.5. The monoisotopic (exact) mass is 314 g/mol. The summed E-state index contributed by atoms with van der Waals surface area (Å²) in [5, 5.41) is 7.61. The largest absolute Gasteiger partial charge is 0.355 e. The quantitative estimate of drug-likeness (QED) is 0.726. The Bertz CT molecular complexity index is 991. The zero-order valence-corrected chi connectivity index (χ0v) is 12.7. The van der Waals surface area contributed by atoms with Gasteiger partial charge in [0.1, 0.15) is 0 Å². The van der Waals surface area contributed by atoms with Crippen LogP contribution in [-0.4, -0.2) is 11.8 Å². The summed E-state index contributed by atoms with van der Waals surface area (Å²) in [5.74, 6) is -0.723. The highest BCUT2D eigenvalue weighted by Crippen LogP contribution is 2.33. The van der Waals surface area contributed by atoms with Crippen LogP contribution in [0.4, 0.5) is 11.4 Å². The summed E-state index contributed by atoms with van der Waals surface area (Å²) in [4.78, 5) is 23.4. The molecule has 3 aromatic rings. The third-order valence-electron chi connectivity index (χ3n) is 4.02. The Hall–Kier alpha value is -3.40. The van der Waals surface area contributed by atoms with E-state index in [0.717, 1.165) is 27.7 Å². The minimum absolute atomic E-state index is 0.353. The molecule has 24 heavy (non-hydrogen) atoms. The number of carbonyl (C=O) groups excluding carboxylic acids is 2. The Balaban J connectivity index is 1.85. The highest BCUT2D eigenvalue weighted by atomic mass is 16.2. The van der Waals surface area contributed by atoms with Crippen LogP contribution in [0.3, 0.4) is 0 Å². The molecule has 0 spiro atoms. The molecule has 0 unspecified atom stereocenters. The maximum absolute atomic E-state index is 12.0. The van der Waals surface area contributed by atoms with Gasteiger partial charge in [-0.25, -0.2) is 0 Å². The zero-order chi connectivity index (χ0) is 16.5. The Kier molecular flexibility index (Phi) is 3.35. The van der Waals surface area contributed by atoms with E-state index in [2.05, 4.69) is 10.6 Å². The summed E-state index contributed by atoms with van der Waals surface area (Å²) in [7, 11) is 0. The molecule has 1 heterocycles. The number of benzene rings is 3. The number of fused-ring (bicyclic) bond motifs is 1. The van der Waals surface area contributed by atoms with Gasteiger partial charge in [0.2, 0.25) is 0 Å². The average Bonchev–Trinajstić information content (AvgIpc) is 2.94. The second kappa shape index (κ2) is 5.66. The maximum Gasteiger partial charge on any atom is 0.258 e. The third-order valence-corrected chi connectivity index (χ3v) is 4.02. The summed E-state index contributed by atoms with van der Waals surface area (Å²) in [6.07, 6.45) is 1.36. The molecule has 0 fully saturated rings. The van der Waals surface area contributed by atoms with Crippen molar-refractivity contribution in [2.75, 3.05) is 5.32 Å². The van der Waals surface area contributed by atoms with Crippen molar-refractivity contribution in [2.45, 2.75) is 0 Å². The van der Waals surface area contributed by atoms with Crippen molar-refractivity contribution < 1.29 is 9.59 Å². The number of amides is 2. The fourth-order valence-electron chi connectivity index (χ4n) is 2.93. The van der Waals surface area contributed by atoms with Gasteiger partial charge < -0.3 is 5.32 Å². The van der Waals surface area contributed by atoms with Gasteiger partial charge in [0.05, 0.1) is 5.57 Å². The number of imide groups is 1. The van der Waals surface area contributed by atoms with E-state index in [4.69, 9.17) is 0 Å². The lowest BCUT2D eigenvalue weighted by Gasteiger charge is -2.13. The van der Waals surface area contributed by atoms with Gasteiger partial charge in [0, 0.05) is 22.8 Å². The van der Waals surface area contributed by atoms with Crippen LogP contribution in [0.1, 0.15) is 5.56 Å². The first-order chi connectivity index (χ1) is 11.7. The number of para-hydroxylation sites is 1. The van der Waals surface area contributed by atoms with E-state index in [1.807, 2.05) is 66.7 Å². The number of hydrogen-bond donors (Lipinski definition) is 2. The van der Waals surface area contributed by atoms with Crippen LogP contribution in [0.15, 0.2) is 72.8 Å². The molecule has 4 nitrogen and oxygen atoms in total. The Morgan fingerprint density at radius 1 is 0.750 bits per heavy atom. The van der Waals surface area contributed by atoms with Gasteiger partial charge in [-0.2, -0.15) is 0 Å². The molecule has 4 heteroatoms. The molecule has 0 saturated carbocycles. The van der Waals surface area contributed by atoms with Gasteiger partial charge >= 0.3 is 0 Å². The Morgan fingerprint density at radius 2 is 1.46 bits per heavy atom. The van der Waals surface area contributed by atoms with Crippen LogP contribution in [0.5, 0.6) is 0 Å². The molecule has 2 N–H and O–H groups in total. The minimum Gasteiger partial charge on any atom is -0.355 e. The van der Waals surface area contributed by atoms with E-state index in [-0.39, 0.29) is 11.8 Å². The van der Waals surface area contributed by atoms with Gasteiger partial charge in [0.25, 0.3) is 11.8 Å². The number of carbonyl (C=O) groups is 2. The molecule has 0 bridgehead atoms. The molecular formula is C20H14N2O2. The summed E-state index contributed by atoms with van der Waals surface area (Å²) in [5.41, 5.74) is 3.10. The Morgan fingerprint density at radius 3 is 2.17 bits per heavy atom. The van der Waals surface area contributed by atoms with Gasteiger partial charge in [0.15, 0.2) is 0 Å². The predicted octanol–water partition coefficient (Wildman–Crippen LogP) is 3.62. The van der Waals surface area contributed by atoms with Crippen molar-refractivity contribution in [3.8, 4) is 0 Å². The highest BCUT2D eigenvalue weighted by Gasteiger charge is 2.23. The predicted molar refractivity (Wildman–Crippen MR) is 94.8 cm³/mol. The van der Waals surface area contributed by atoms with Crippen LogP contribution in [0, 0.1) is 0 Å². The summed E-state index contributed by atoms with van der Waals surface area (Å²) in [6.45, 7) is 0. The van der Waals surface area contributed by atoms with Crippen LogP contribution in [-0.2, 0) is 9.59 Å². The second-order valence-corrected chi connectivity index (χ2v) is 5.57. The number of anilines is 2. The standard InChI is InChI=1S/C20H14N2O2/c23-19-12-17(20(24)22-19)15-10-11-18(16-9-5-4-8-14(15)16)21-13-6-2-1-3-7-13/h1-12,21H,(H,22,23,24). The SMILES string of the molecule is O=C1C=C(c2ccc(Nc3ccccc3)c3ccccc23)C(=O)N1. The molecule has 1 aliphatic rings.